The quantitative estimate of drug-likeness (QED) is 0.736. The summed E-state index contributed by atoms with van der Waals surface area (Å²) < 4.78 is 0. The number of benzene rings is 1. The van der Waals surface area contributed by atoms with E-state index in [1.165, 1.54) is 0 Å². The van der Waals surface area contributed by atoms with Gasteiger partial charge in [0.1, 0.15) is 0 Å². The number of aliphatic imine (C=N–C) groups is 1. The molecule has 0 radical (unpaired) electrons. The molecule has 0 amide bonds. The normalized spacial score (nSPS) is 15.6. The van der Waals surface area contributed by atoms with Crippen molar-refractivity contribution in [2.45, 2.75) is 6.42 Å². The average Bonchev–Trinajstić information content (AvgIpc) is 2.76. The molecule has 0 unspecified atom stereocenters. The van der Waals surface area contributed by atoms with Crippen LogP contribution in [-0.2, 0) is 11.2 Å². The van der Waals surface area contributed by atoms with E-state index in [0.717, 1.165) is 21.7 Å². The maximum absolute atomic E-state index is 10.9. The molecule has 0 aromatic heterocycles. The predicted molar refractivity (Wildman–Crippen MR) is 62.2 cm³/mol. The van der Waals surface area contributed by atoms with Crippen LogP contribution in [0.15, 0.2) is 28.8 Å². The van der Waals surface area contributed by atoms with Gasteiger partial charge in [-0.05, 0) is 16.9 Å². The molecule has 3 nitrogen and oxygen atoms in total. The Morgan fingerprint density at radius 1 is 1.19 bits per heavy atom. The minimum atomic E-state index is -0.856. The van der Waals surface area contributed by atoms with Gasteiger partial charge in [0.25, 0.3) is 0 Å². The van der Waals surface area contributed by atoms with Crippen molar-refractivity contribution >= 4 is 30.0 Å². The molecule has 1 heterocycles. The number of allylic oxidation sites excluding steroid dienone is 1. The van der Waals surface area contributed by atoms with E-state index < -0.39 is 5.97 Å². The Morgan fingerprint density at radius 2 is 2.00 bits per heavy atom. The first-order chi connectivity index (χ1) is 7.75. The smallest absolute Gasteiger partial charge is 0.331 e. The lowest BCUT2D eigenvalue weighted by atomic mass is 9.96. The molecule has 3 rings (SSSR count). The Morgan fingerprint density at radius 3 is 2.81 bits per heavy atom. The van der Waals surface area contributed by atoms with Gasteiger partial charge in [0, 0.05) is 23.4 Å². The fourth-order valence-corrected chi connectivity index (χ4v) is 2.08. The molecule has 0 fully saturated rings. The van der Waals surface area contributed by atoms with Crippen LogP contribution in [-0.4, -0.2) is 17.3 Å². The van der Waals surface area contributed by atoms with Crippen molar-refractivity contribution in [1.82, 2.24) is 0 Å². The zero-order valence-corrected chi connectivity index (χ0v) is 8.47. The Balaban J connectivity index is 2.25. The summed E-state index contributed by atoms with van der Waals surface area (Å²) >= 11 is 0. The summed E-state index contributed by atoms with van der Waals surface area (Å²) in [5.74, 6) is -0.856. The number of hydrogen-bond acceptors (Lipinski definition) is 2. The van der Waals surface area contributed by atoms with E-state index in [2.05, 4.69) is 4.99 Å². The first-order valence-corrected chi connectivity index (χ1v) is 5.06. The van der Waals surface area contributed by atoms with E-state index in [1.54, 1.807) is 12.3 Å². The number of nitrogens with zero attached hydrogens (tertiary/aromatic N) is 1. The number of carboxylic acids is 1. The van der Waals surface area contributed by atoms with Gasteiger partial charge >= 0.3 is 5.97 Å². The lowest BCUT2D eigenvalue weighted by Gasteiger charge is -2.10. The molecule has 1 aliphatic carbocycles. The minimum absolute atomic E-state index is 0.419. The Kier molecular flexibility index (Phi) is 1.80. The van der Waals surface area contributed by atoms with Crippen LogP contribution < -0.4 is 10.4 Å². The number of fused-ring (bicyclic) bond motifs is 3. The molecule has 1 N–H and O–H groups in total. The van der Waals surface area contributed by atoms with Gasteiger partial charge in [0.05, 0.1) is 5.69 Å². The maximum Gasteiger partial charge on any atom is 0.331 e. The van der Waals surface area contributed by atoms with Crippen LogP contribution in [0.5, 0.6) is 0 Å². The maximum atomic E-state index is 10.9. The summed E-state index contributed by atoms with van der Waals surface area (Å²) in [4.78, 5) is 15.2. The van der Waals surface area contributed by atoms with E-state index in [9.17, 15) is 4.79 Å². The summed E-state index contributed by atoms with van der Waals surface area (Å²) in [5, 5.41) is 11.1. The Labute approximate surface area is 91.8 Å². The molecule has 0 atom stereocenters. The Hall–Kier alpha value is -2.16. The van der Waals surface area contributed by atoms with Gasteiger partial charge in [0.15, 0.2) is 0 Å². The highest BCUT2D eigenvalue weighted by Crippen LogP contribution is 2.19. The highest BCUT2D eigenvalue weighted by atomic mass is 16.4. The summed E-state index contributed by atoms with van der Waals surface area (Å²) in [7, 11) is 0. The van der Waals surface area contributed by atoms with Crippen molar-refractivity contribution in [2.24, 2.45) is 4.99 Å². The van der Waals surface area contributed by atoms with Crippen LogP contribution in [0.3, 0.4) is 0 Å². The first kappa shape index (κ1) is 9.09. The summed E-state index contributed by atoms with van der Waals surface area (Å²) in [6.45, 7) is 0. The van der Waals surface area contributed by atoms with E-state index >= 15 is 0 Å². The number of hydrogen-bond donors (Lipinski definition) is 1. The molecular weight excluding hydrogens is 202 g/mol. The van der Waals surface area contributed by atoms with E-state index in [-0.39, 0.29) is 0 Å². The van der Waals surface area contributed by atoms with Gasteiger partial charge in [-0.2, -0.15) is 0 Å². The third-order valence-corrected chi connectivity index (χ3v) is 2.91. The van der Waals surface area contributed by atoms with E-state index in [4.69, 9.17) is 5.11 Å². The van der Waals surface area contributed by atoms with Crippen LogP contribution in [0, 0.1) is 0 Å². The van der Waals surface area contributed by atoms with Crippen LogP contribution in [0.2, 0.25) is 0 Å². The molecule has 0 saturated heterocycles. The first-order valence-electron chi connectivity index (χ1n) is 5.06. The SMILES string of the molecule is O=C(O)C1=CC=c2ccc3c(c2C1)N=CC=3. The molecule has 1 aliphatic heterocycles. The molecule has 78 valence electrons. The topological polar surface area (TPSA) is 49.7 Å². The van der Waals surface area contributed by atoms with Crippen molar-refractivity contribution in [1.29, 1.82) is 0 Å². The highest BCUT2D eigenvalue weighted by molar-refractivity contribution is 5.98. The largest absolute Gasteiger partial charge is 0.478 e. The van der Waals surface area contributed by atoms with E-state index in [0.29, 0.717) is 12.0 Å². The molecule has 16 heavy (non-hydrogen) atoms. The second-order valence-electron chi connectivity index (χ2n) is 3.86. The fraction of sp³-hybridized carbons (Fsp3) is 0.0769. The van der Waals surface area contributed by atoms with Crippen LogP contribution in [0.25, 0.3) is 12.2 Å². The summed E-state index contributed by atoms with van der Waals surface area (Å²) in [5.41, 5.74) is 2.35. The third-order valence-electron chi connectivity index (χ3n) is 2.91. The van der Waals surface area contributed by atoms with Gasteiger partial charge in [0.2, 0.25) is 0 Å². The molecular formula is C13H9NO2. The zero-order chi connectivity index (χ0) is 11.1. The highest BCUT2D eigenvalue weighted by Gasteiger charge is 2.16. The minimum Gasteiger partial charge on any atom is -0.478 e. The van der Waals surface area contributed by atoms with Gasteiger partial charge in [-0.25, -0.2) is 4.79 Å². The van der Waals surface area contributed by atoms with Gasteiger partial charge in [-0.1, -0.05) is 24.3 Å². The van der Waals surface area contributed by atoms with Crippen LogP contribution >= 0.6 is 0 Å². The standard InChI is InChI=1S/C13H9NO2/c15-13(16)10-4-2-8-1-3-9-5-6-14-12(9)11(8)7-10/h1-6H,7H2,(H,15,16). The second kappa shape index (κ2) is 3.17. The molecule has 0 saturated carbocycles. The molecule has 3 heteroatoms. The predicted octanol–water partition coefficient (Wildman–Crippen LogP) is 0.531. The molecule has 2 aliphatic rings. The number of aliphatic carboxylic acids is 1. The molecule has 0 bridgehead atoms. The lowest BCUT2D eigenvalue weighted by molar-refractivity contribution is -0.132. The van der Waals surface area contributed by atoms with Crippen molar-refractivity contribution in [3.05, 3.63) is 39.8 Å². The van der Waals surface area contributed by atoms with Crippen LogP contribution in [0.1, 0.15) is 5.56 Å². The third kappa shape index (κ3) is 1.21. The van der Waals surface area contributed by atoms with Crippen molar-refractivity contribution in [2.75, 3.05) is 0 Å². The van der Waals surface area contributed by atoms with Crippen molar-refractivity contribution in [3.8, 4) is 0 Å². The fourth-order valence-electron chi connectivity index (χ4n) is 2.08. The number of carboxylic acid groups (broad SMARTS) is 1. The zero-order valence-electron chi connectivity index (χ0n) is 8.47. The summed E-state index contributed by atoms with van der Waals surface area (Å²) in [6.07, 6.45) is 7.66. The van der Waals surface area contributed by atoms with Crippen molar-refractivity contribution < 1.29 is 9.90 Å². The van der Waals surface area contributed by atoms with E-state index in [1.807, 2.05) is 24.3 Å². The van der Waals surface area contributed by atoms with Crippen LogP contribution in [0.4, 0.5) is 5.69 Å². The van der Waals surface area contributed by atoms with Gasteiger partial charge in [-0.3, -0.25) is 4.99 Å². The molecule has 1 aromatic rings. The monoisotopic (exact) mass is 211 g/mol. The Bertz CT molecular complexity index is 666. The molecule has 1 aromatic carbocycles. The van der Waals surface area contributed by atoms with Gasteiger partial charge in [-0.15, -0.1) is 0 Å². The van der Waals surface area contributed by atoms with Crippen molar-refractivity contribution in [3.63, 3.8) is 0 Å². The summed E-state index contributed by atoms with van der Waals surface area (Å²) in [6, 6.07) is 4.02. The number of rotatable bonds is 1. The lowest BCUT2D eigenvalue weighted by Crippen LogP contribution is -2.20. The van der Waals surface area contributed by atoms with Gasteiger partial charge < -0.3 is 5.11 Å². The molecule has 0 spiro atoms. The number of carbonyl (C=O) groups is 1. The second-order valence-corrected chi connectivity index (χ2v) is 3.86. The average molecular weight is 211 g/mol.